The van der Waals surface area contributed by atoms with E-state index < -0.39 is 5.60 Å². The summed E-state index contributed by atoms with van der Waals surface area (Å²) in [5.74, 6) is 1.02. The van der Waals surface area contributed by atoms with Crippen molar-refractivity contribution < 1.29 is 19.0 Å². The van der Waals surface area contributed by atoms with Crippen molar-refractivity contribution in [3.05, 3.63) is 22.2 Å². The quantitative estimate of drug-likeness (QED) is 0.787. The van der Waals surface area contributed by atoms with E-state index in [1.54, 1.807) is 19.2 Å². The highest BCUT2D eigenvalue weighted by Gasteiger charge is 2.35. The number of hydrogen-bond acceptors (Lipinski definition) is 5. The predicted octanol–water partition coefficient (Wildman–Crippen LogP) is 3.40. The molecule has 0 aromatic heterocycles. The molecule has 5 nitrogen and oxygen atoms in total. The van der Waals surface area contributed by atoms with E-state index in [0.717, 1.165) is 25.9 Å². The Balaban J connectivity index is 2.21. The Labute approximate surface area is 145 Å². The first-order valence-electron chi connectivity index (χ1n) is 7.74. The summed E-state index contributed by atoms with van der Waals surface area (Å²) in [7, 11) is 3.09. The van der Waals surface area contributed by atoms with Crippen LogP contribution in [-0.4, -0.2) is 38.9 Å². The van der Waals surface area contributed by atoms with Gasteiger partial charge in [0.2, 0.25) is 0 Å². The number of nitrogens with one attached hydrogen (secondary N) is 1. The highest BCUT2D eigenvalue weighted by atomic mass is 79.9. The summed E-state index contributed by atoms with van der Waals surface area (Å²) in [6.45, 7) is 5.88. The molecule has 23 heavy (non-hydrogen) atoms. The molecule has 0 radical (unpaired) electrons. The van der Waals surface area contributed by atoms with Crippen molar-refractivity contribution in [1.29, 1.82) is 0 Å². The number of halogens is 1. The van der Waals surface area contributed by atoms with Crippen LogP contribution in [0.1, 0.15) is 37.0 Å². The first-order chi connectivity index (χ1) is 10.9. The Morgan fingerprint density at radius 1 is 1.17 bits per heavy atom. The molecule has 0 bridgehead atoms. The smallest absolute Gasteiger partial charge is 0.342 e. The summed E-state index contributed by atoms with van der Waals surface area (Å²) in [4.78, 5) is 12.7. The minimum atomic E-state index is -0.517. The second kappa shape index (κ2) is 7.53. The lowest BCUT2D eigenvalue weighted by atomic mass is 9.83. The molecule has 1 aliphatic heterocycles. The van der Waals surface area contributed by atoms with Gasteiger partial charge in [-0.2, -0.15) is 0 Å². The van der Waals surface area contributed by atoms with Crippen LogP contribution < -0.4 is 14.8 Å². The molecule has 0 spiro atoms. The molecule has 1 aromatic carbocycles. The van der Waals surface area contributed by atoms with Crippen molar-refractivity contribution in [3.8, 4) is 11.5 Å². The lowest BCUT2D eigenvalue weighted by Crippen LogP contribution is -2.42. The molecule has 1 N–H and O–H groups in total. The van der Waals surface area contributed by atoms with Crippen molar-refractivity contribution in [2.24, 2.45) is 5.92 Å². The summed E-state index contributed by atoms with van der Waals surface area (Å²) >= 11 is 3.40. The van der Waals surface area contributed by atoms with E-state index in [-0.39, 0.29) is 5.97 Å². The van der Waals surface area contributed by atoms with Crippen LogP contribution in [-0.2, 0) is 4.74 Å². The molecule has 0 unspecified atom stereocenters. The van der Waals surface area contributed by atoms with Crippen molar-refractivity contribution >= 4 is 21.9 Å². The van der Waals surface area contributed by atoms with E-state index in [9.17, 15) is 4.79 Å². The third kappa shape index (κ3) is 4.18. The lowest BCUT2D eigenvalue weighted by molar-refractivity contribution is -0.0370. The highest BCUT2D eigenvalue weighted by Crippen LogP contribution is 2.35. The van der Waals surface area contributed by atoms with Crippen LogP contribution in [0.2, 0.25) is 0 Å². The van der Waals surface area contributed by atoms with E-state index in [1.165, 1.54) is 7.11 Å². The van der Waals surface area contributed by atoms with Crippen molar-refractivity contribution in [1.82, 2.24) is 5.32 Å². The topological polar surface area (TPSA) is 56.8 Å². The van der Waals surface area contributed by atoms with Gasteiger partial charge in [-0.15, -0.1) is 0 Å². The van der Waals surface area contributed by atoms with E-state index in [0.29, 0.717) is 27.5 Å². The lowest BCUT2D eigenvalue weighted by Gasteiger charge is -2.36. The van der Waals surface area contributed by atoms with E-state index >= 15 is 0 Å². The van der Waals surface area contributed by atoms with Crippen LogP contribution in [0.25, 0.3) is 0 Å². The molecule has 1 aromatic rings. The molecule has 0 saturated carbocycles. The summed E-state index contributed by atoms with van der Waals surface area (Å²) in [6, 6.07) is 3.36. The molecule has 0 amide bonds. The number of ether oxygens (including phenoxy) is 3. The first-order valence-corrected chi connectivity index (χ1v) is 8.54. The van der Waals surface area contributed by atoms with Gasteiger partial charge >= 0.3 is 5.97 Å². The number of hydrogen-bond donors (Lipinski definition) is 1. The van der Waals surface area contributed by atoms with Crippen LogP contribution in [0.5, 0.6) is 11.5 Å². The zero-order valence-electron chi connectivity index (χ0n) is 14.1. The minimum absolute atomic E-state index is 0.348. The molecule has 1 aliphatic rings. The Morgan fingerprint density at radius 3 is 2.35 bits per heavy atom. The molecule has 1 fully saturated rings. The SMILES string of the molecule is COc1cc(OC)c(C(=O)OC(C)(C)C2CCNCC2)cc1Br. The Bertz CT molecular complexity index is 568. The van der Waals surface area contributed by atoms with Gasteiger partial charge in [0.25, 0.3) is 0 Å². The van der Waals surface area contributed by atoms with Gasteiger partial charge in [0.1, 0.15) is 22.7 Å². The fourth-order valence-electron chi connectivity index (χ4n) is 2.91. The minimum Gasteiger partial charge on any atom is -0.496 e. The van der Waals surface area contributed by atoms with E-state index in [2.05, 4.69) is 21.2 Å². The molecular weight excluding hydrogens is 362 g/mol. The standard InChI is InChI=1S/C17H24BrNO4/c1-17(2,11-5-7-19-8-6-11)23-16(20)12-9-13(18)15(22-4)10-14(12)21-3/h9-11,19H,5-8H2,1-4H3. The first kappa shape index (κ1) is 18.1. The van der Waals surface area contributed by atoms with Crippen molar-refractivity contribution in [2.45, 2.75) is 32.3 Å². The van der Waals surface area contributed by atoms with Gasteiger partial charge in [0.15, 0.2) is 0 Å². The van der Waals surface area contributed by atoms with Crippen LogP contribution in [0.15, 0.2) is 16.6 Å². The normalized spacial score (nSPS) is 16.0. The van der Waals surface area contributed by atoms with Gasteiger partial charge in [0.05, 0.1) is 18.7 Å². The number of rotatable bonds is 5. The molecular formula is C17H24BrNO4. The number of benzene rings is 1. The third-order valence-corrected chi connectivity index (χ3v) is 4.99. The number of carbonyl (C=O) groups is 1. The van der Waals surface area contributed by atoms with Gasteiger partial charge in [0, 0.05) is 12.0 Å². The zero-order valence-corrected chi connectivity index (χ0v) is 15.7. The van der Waals surface area contributed by atoms with Crippen LogP contribution in [0.3, 0.4) is 0 Å². The number of carbonyl (C=O) groups excluding carboxylic acids is 1. The van der Waals surface area contributed by atoms with Crippen LogP contribution in [0, 0.1) is 5.92 Å². The fourth-order valence-corrected chi connectivity index (χ4v) is 3.42. The van der Waals surface area contributed by atoms with Gasteiger partial charge in [-0.3, -0.25) is 0 Å². The van der Waals surface area contributed by atoms with E-state index in [1.807, 2.05) is 13.8 Å². The van der Waals surface area contributed by atoms with Crippen molar-refractivity contribution in [2.75, 3.05) is 27.3 Å². The van der Waals surface area contributed by atoms with Gasteiger partial charge in [-0.1, -0.05) is 0 Å². The number of methoxy groups -OCH3 is 2. The van der Waals surface area contributed by atoms with Crippen molar-refractivity contribution in [3.63, 3.8) is 0 Å². The predicted molar refractivity (Wildman–Crippen MR) is 92.3 cm³/mol. The number of piperidine rings is 1. The van der Waals surface area contributed by atoms with Crippen LogP contribution >= 0.6 is 15.9 Å². The summed E-state index contributed by atoms with van der Waals surface area (Å²) < 4.78 is 17.1. The largest absolute Gasteiger partial charge is 0.496 e. The molecule has 128 valence electrons. The second-order valence-corrected chi connectivity index (χ2v) is 7.06. The van der Waals surface area contributed by atoms with Gasteiger partial charge < -0.3 is 19.5 Å². The molecule has 1 saturated heterocycles. The maximum Gasteiger partial charge on any atom is 0.342 e. The van der Waals surface area contributed by atoms with Gasteiger partial charge in [-0.25, -0.2) is 4.79 Å². The maximum absolute atomic E-state index is 12.7. The summed E-state index contributed by atoms with van der Waals surface area (Å²) in [5, 5.41) is 3.33. The molecule has 0 aliphatic carbocycles. The zero-order chi connectivity index (χ0) is 17.0. The summed E-state index contributed by atoms with van der Waals surface area (Å²) in [6.07, 6.45) is 2.01. The highest BCUT2D eigenvalue weighted by molar-refractivity contribution is 9.10. The number of esters is 1. The molecule has 0 atom stereocenters. The Hall–Kier alpha value is -1.27. The molecule has 6 heteroatoms. The Kier molecular flexibility index (Phi) is 5.92. The van der Waals surface area contributed by atoms with Gasteiger partial charge in [-0.05, 0) is 61.8 Å². The fraction of sp³-hybridized carbons (Fsp3) is 0.588. The van der Waals surface area contributed by atoms with Crippen LogP contribution in [0.4, 0.5) is 0 Å². The molecule has 2 rings (SSSR count). The monoisotopic (exact) mass is 385 g/mol. The Morgan fingerprint density at radius 2 is 1.78 bits per heavy atom. The average Bonchev–Trinajstić information content (AvgIpc) is 2.55. The molecule has 1 heterocycles. The average molecular weight is 386 g/mol. The second-order valence-electron chi connectivity index (χ2n) is 6.20. The summed E-state index contributed by atoms with van der Waals surface area (Å²) in [5.41, 5.74) is -0.126. The third-order valence-electron chi connectivity index (χ3n) is 4.37. The van der Waals surface area contributed by atoms with E-state index in [4.69, 9.17) is 14.2 Å². The maximum atomic E-state index is 12.7.